The molecule has 0 aliphatic heterocycles. The van der Waals surface area contributed by atoms with Gasteiger partial charge in [0.05, 0.1) is 25.4 Å². The number of carbonyl (C=O) groups excluding carboxylic acids is 2. The maximum absolute atomic E-state index is 12.5. The van der Waals surface area contributed by atoms with Crippen LogP contribution in [0.3, 0.4) is 0 Å². The summed E-state index contributed by atoms with van der Waals surface area (Å²) in [5.74, 6) is -0.0647. The van der Waals surface area contributed by atoms with E-state index in [1.807, 2.05) is 6.08 Å². The van der Waals surface area contributed by atoms with Crippen molar-refractivity contribution >= 4 is 11.9 Å². The third-order valence-electron chi connectivity index (χ3n) is 16.4. The Morgan fingerprint density at radius 3 is 0.974 bits per heavy atom. The number of nitrogens with one attached hydrogen (secondary N) is 1. The van der Waals surface area contributed by atoms with Crippen LogP contribution in [0.1, 0.15) is 386 Å². The van der Waals surface area contributed by atoms with Gasteiger partial charge in [0.15, 0.2) is 0 Å². The summed E-state index contributed by atoms with van der Waals surface area (Å²) in [6.45, 7) is 4.93. The van der Waals surface area contributed by atoms with E-state index in [2.05, 4.69) is 43.5 Å². The smallest absolute Gasteiger partial charge is 0.305 e. The first kappa shape index (κ1) is 76.1. The fraction of sp³-hybridized carbons (Fsp3) is 0.889. The summed E-state index contributed by atoms with van der Waals surface area (Å²) >= 11 is 0. The first-order valence-corrected chi connectivity index (χ1v) is 35.3. The maximum atomic E-state index is 12.5. The van der Waals surface area contributed by atoms with Crippen molar-refractivity contribution in [2.24, 2.45) is 0 Å². The molecule has 2 atom stereocenters. The molecule has 0 bridgehead atoms. The predicted octanol–water partition coefficient (Wildman–Crippen LogP) is 22.7. The Balaban J connectivity index is 3.47. The lowest BCUT2D eigenvalue weighted by atomic mass is 10.0. The molecule has 460 valence electrons. The number of unbranched alkanes of at least 4 members (excludes halogenated alkanes) is 51. The Morgan fingerprint density at radius 2 is 0.641 bits per heavy atom. The molecular formula is C72H137NO5. The van der Waals surface area contributed by atoms with E-state index in [9.17, 15) is 19.8 Å². The van der Waals surface area contributed by atoms with Crippen LogP contribution >= 0.6 is 0 Å². The van der Waals surface area contributed by atoms with Gasteiger partial charge in [0.2, 0.25) is 5.91 Å². The monoisotopic (exact) mass is 1100 g/mol. The number of carbonyl (C=O) groups is 2. The zero-order valence-corrected chi connectivity index (χ0v) is 52.7. The van der Waals surface area contributed by atoms with Gasteiger partial charge in [0.1, 0.15) is 0 Å². The summed E-state index contributed by atoms with van der Waals surface area (Å²) in [5, 5.41) is 23.2. The molecule has 0 spiro atoms. The van der Waals surface area contributed by atoms with Crippen LogP contribution < -0.4 is 5.32 Å². The molecule has 6 nitrogen and oxygen atoms in total. The Bertz CT molecular complexity index is 1260. The van der Waals surface area contributed by atoms with Gasteiger partial charge in [-0.05, 0) is 64.2 Å². The minimum Gasteiger partial charge on any atom is -0.466 e. The first-order chi connectivity index (χ1) is 38.5. The summed E-state index contributed by atoms with van der Waals surface area (Å²) in [6.07, 6.45) is 86.4. The Morgan fingerprint density at radius 1 is 0.359 bits per heavy atom. The molecule has 78 heavy (non-hydrogen) atoms. The van der Waals surface area contributed by atoms with Crippen molar-refractivity contribution in [3.63, 3.8) is 0 Å². The van der Waals surface area contributed by atoms with Gasteiger partial charge < -0.3 is 20.3 Å². The second-order valence-electron chi connectivity index (χ2n) is 24.2. The lowest BCUT2D eigenvalue weighted by molar-refractivity contribution is -0.143. The highest BCUT2D eigenvalue weighted by molar-refractivity contribution is 5.76. The molecule has 0 fully saturated rings. The molecule has 6 heteroatoms. The van der Waals surface area contributed by atoms with Crippen LogP contribution in [0.2, 0.25) is 0 Å². The van der Waals surface area contributed by atoms with Crippen molar-refractivity contribution in [1.82, 2.24) is 5.32 Å². The van der Waals surface area contributed by atoms with Gasteiger partial charge in [-0.3, -0.25) is 9.59 Å². The van der Waals surface area contributed by atoms with Crippen LogP contribution in [0.5, 0.6) is 0 Å². The topological polar surface area (TPSA) is 95.9 Å². The standard InChI is InChI=1S/C72H137NO5/c1-3-5-7-9-11-13-15-17-19-20-21-22-24-27-30-33-37-40-44-48-52-56-60-64-70(75)69(68-74)73-71(76)65-61-57-53-49-45-41-38-34-31-28-25-23-26-29-32-35-39-43-47-51-55-59-63-67-78-72(77)66-62-58-54-50-46-42-36-18-16-14-12-10-8-6-4-2/h23,26,28,31,60,64,69-70,74-75H,3-22,24-25,27,29-30,32-59,61-63,65-68H2,1-2H3,(H,73,76)/b26-23-,31-28-,64-60+. The second kappa shape index (κ2) is 67.6. The van der Waals surface area contributed by atoms with E-state index in [-0.39, 0.29) is 18.5 Å². The van der Waals surface area contributed by atoms with Gasteiger partial charge in [-0.25, -0.2) is 0 Å². The summed E-state index contributed by atoms with van der Waals surface area (Å²) in [6, 6.07) is -0.637. The Kier molecular flexibility index (Phi) is 65.9. The molecule has 0 heterocycles. The molecule has 0 aromatic heterocycles. The number of aliphatic hydroxyl groups excluding tert-OH is 2. The summed E-state index contributed by atoms with van der Waals surface area (Å²) < 4.78 is 5.49. The molecule has 1 amide bonds. The second-order valence-corrected chi connectivity index (χ2v) is 24.2. The number of rotatable bonds is 66. The highest BCUT2D eigenvalue weighted by Crippen LogP contribution is 2.18. The first-order valence-electron chi connectivity index (χ1n) is 35.3. The van der Waals surface area contributed by atoms with E-state index in [0.29, 0.717) is 19.4 Å². The van der Waals surface area contributed by atoms with Gasteiger partial charge in [-0.2, -0.15) is 0 Å². The van der Waals surface area contributed by atoms with Crippen molar-refractivity contribution < 1.29 is 24.5 Å². The van der Waals surface area contributed by atoms with Crippen molar-refractivity contribution in [2.75, 3.05) is 13.2 Å². The van der Waals surface area contributed by atoms with E-state index in [0.717, 1.165) is 57.8 Å². The summed E-state index contributed by atoms with van der Waals surface area (Å²) in [5.41, 5.74) is 0. The van der Waals surface area contributed by atoms with Gasteiger partial charge in [0, 0.05) is 12.8 Å². The number of aliphatic hydroxyl groups is 2. The van der Waals surface area contributed by atoms with E-state index >= 15 is 0 Å². The van der Waals surface area contributed by atoms with Gasteiger partial charge in [-0.1, -0.05) is 346 Å². The fourth-order valence-corrected chi connectivity index (χ4v) is 11.0. The number of hydrogen-bond donors (Lipinski definition) is 3. The van der Waals surface area contributed by atoms with Crippen LogP contribution in [0.25, 0.3) is 0 Å². The highest BCUT2D eigenvalue weighted by atomic mass is 16.5. The normalized spacial score (nSPS) is 12.7. The SMILES string of the molecule is CCCCCCCCCCCCCCCCCCCCCCC/C=C/C(O)C(CO)NC(=O)CCCCCCCCC/C=C\C/C=C\CCCCCCCCCCCOC(=O)CCCCCCCCCCCCCCCCC. The average Bonchev–Trinajstić information content (AvgIpc) is 3.44. The molecule has 0 saturated heterocycles. The molecule has 0 aliphatic carbocycles. The van der Waals surface area contributed by atoms with Crippen molar-refractivity contribution in [3.8, 4) is 0 Å². The average molecular weight is 1100 g/mol. The van der Waals surface area contributed by atoms with Crippen molar-refractivity contribution in [1.29, 1.82) is 0 Å². The maximum Gasteiger partial charge on any atom is 0.305 e. The molecule has 2 unspecified atom stereocenters. The molecule has 0 saturated carbocycles. The lowest BCUT2D eigenvalue weighted by Gasteiger charge is -2.20. The van der Waals surface area contributed by atoms with E-state index in [1.54, 1.807) is 6.08 Å². The molecule has 0 radical (unpaired) electrons. The van der Waals surface area contributed by atoms with Crippen LogP contribution in [0.15, 0.2) is 36.5 Å². The third kappa shape index (κ3) is 63.3. The van der Waals surface area contributed by atoms with Crippen LogP contribution in [-0.4, -0.2) is 47.4 Å². The quantitative estimate of drug-likeness (QED) is 0.0320. The van der Waals surface area contributed by atoms with Crippen LogP contribution in [0.4, 0.5) is 0 Å². The van der Waals surface area contributed by atoms with E-state index in [4.69, 9.17) is 4.74 Å². The van der Waals surface area contributed by atoms with Crippen LogP contribution in [-0.2, 0) is 14.3 Å². The third-order valence-corrected chi connectivity index (χ3v) is 16.4. The van der Waals surface area contributed by atoms with Crippen LogP contribution in [0, 0.1) is 0 Å². The van der Waals surface area contributed by atoms with Gasteiger partial charge >= 0.3 is 5.97 Å². The molecule has 0 aliphatic rings. The zero-order valence-electron chi connectivity index (χ0n) is 52.7. The predicted molar refractivity (Wildman–Crippen MR) is 343 cm³/mol. The minimum absolute atomic E-state index is 0.00998. The van der Waals surface area contributed by atoms with Crippen molar-refractivity contribution in [2.45, 2.75) is 398 Å². The van der Waals surface area contributed by atoms with Gasteiger partial charge in [-0.15, -0.1) is 0 Å². The number of allylic oxidation sites excluding steroid dienone is 5. The van der Waals surface area contributed by atoms with E-state index < -0.39 is 12.1 Å². The Labute approximate surface area is 487 Å². The van der Waals surface area contributed by atoms with Gasteiger partial charge in [0.25, 0.3) is 0 Å². The molecule has 0 rings (SSSR count). The minimum atomic E-state index is -0.853. The summed E-state index contributed by atoms with van der Waals surface area (Å²) in [4.78, 5) is 24.6. The number of hydrogen-bond acceptors (Lipinski definition) is 5. The van der Waals surface area contributed by atoms with Crippen molar-refractivity contribution in [3.05, 3.63) is 36.5 Å². The lowest BCUT2D eigenvalue weighted by Crippen LogP contribution is -2.45. The summed E-state index contributed by atoms with van der Waals surface area (Å²) in [7, 11) is 0. The largest absolute Gasteiger partial charge is 0.466 e. The fourth-order valence-electron chi connectivity index (χ4n) is 11.0. The molecular weight excluding hydrogens is 959 g/mol. The molecule has 0 aromatic rings. The number of esters is 1. The Hall–Kier alpha value is -1.92. The molecule has 3 N–H and O–H groups in total. The molecule has 0 aromatic carbocycles. The zero-order chi connectivity index (χ0) is 56.4. The number of ether oxygens (including phenoxy) is 1. The number of amides is 1. The highest BCUT2D eigenvalue weighted by Gasteiger charge is 2.18. The van der Waals surface area contributed by atoms with E-state index in [1.165, 1.54) is 302 Å².